The molecule has 3 N–H and O–H groups in total. The molecule has 0 atom stereocenters. The van der Waals surface area contributed by atoms with Crippen LogP contribution >= 0.6 is 11.6 Å². The lowest BCUT2D eigenvalue weighted by molar-refractivity contribution is -0.384. The second-order valence-electron chi connectivity index (χ2n) is 7.86. The molecule has 11 nitrogen and oxygen atoms in total. The Kier molecular flexibility index (Phi) is 6.11. The molecule has 0 unspecified atom stereocenters. The maximum atomic E-state index is 13.0. The van der Waals surface area contributed by atoms with Gasteiger partial charge in [0.1, 0.15) is 28.2 Å². The van der Waals surface area contributed by atoms with E-state index in [9.17, 15) is 23.6 Å². The van der Waals surface area contributed by atoms with E-state index in [0.717, 1.165) is 6.07 Å². The number of rotatable bonds is 7. The molecule has 0 aliphatic heterocycles. The maximum absolute atomic E-state index is 13.0. The highest BCUT2D eigenvalue weighted by Crippen LogP contribution is 2.32. The Morgan fingerprint density at radius 1 is 0.892 bits per heavy atom. The average molecular weight is 537 g/mol. The van der Waals surface area contributed by atoms with E-state index >= 15 is 0 Å². The summed E-state index contributed by atoms with van der Waals surface area (Å²) in [5.41, 5.74) is 1.65. The van der Waals surface area contributed by atoms with Crippen molar-refractivity contribution in [1.82, 2.24) is 15.0 Å². The van der Waals surface area contributed by atoms with Gasteiger partial charge in [-0.25, -0.2) is 8.42 Å². The molecule has 5 rings (SSSR count). The van der Waals surface area contributed by atoms with Crippen LogP contribution in [-0.2, 0) is 10.0 Å². The summed E-state index contributed by atoms with van der Waals surface area (Å²) in [6, 6.07) is 21.3. The van der Waals surface area contributed by atoms with Crippen molar-refractivity contribution in [3.63, 3.8) is 0 Å². The number of nitro benzene ring substituents is 1. The third-order valence-electron chi connectivity index (χ3n) is 5.31. The van der Waals surface area contributed by atoms with Crippen LogP contribution in [0.15, 0.2) is 89.8 Å². The molecule has 0 amide bonds. The number of nitro groups is 1. The van der Waals surface area contributed by atoms with Gasteiger partial charge in [0.05, 0.1) is 15.5 Å². The number of sulfonamides is 1. The van der Waals surface area contributed by atoms with Gasteiger partial charge in [0.15, 0.2) is 0 Å². The summed E-state index contributed by atoms with van der Waals surface area (Å²) in [5, 5.41) is 34.1. The van der Waals surface area contributed by atoms with Crippen molar-refractivity contribution in [2.45, 2.75) is 4.90 Å². The van der Waals surface area contributed by atoms with Crippen LogP contribution in [0.2, 0.25) is 5.02 Å². The zero-order chi connectivity index (χ0) is 26.2. The number of hydrogen-bond acceptors (Lipinski definition) is 8. The highest BCUT2D eigenvalue weighted by Gasteiger charge is 2.22. The molecule has 1 heterocycles. The number of nitrogens with one attached hydrogen (secondary N) is 2. The predicted octanol–water partition coefficient (Wildman–Crippen LogP) is 5.23. The van der Waals surface area contributed by atoms with E-state index in [1.807, 2.05) is 0 Å². The lowest BCUT2D eigenvalue weighted by Crippen LogP contribution is -2.13. The minimum absolute atomic E-state index is 0.0372. The van der Waals surface area contributed by atoms with Gasteiger partial charge in [0.25, 0.3) is 15.7 Å². The highest BCUT2D eigenvalue weighted by atomic mass is 35.5. The fraction of sp³-hybridized carbons (Fsp3) is 0. The van der Waals surface area contributed by atoms with E-state index in [1.54, 1.807) is 48.5 Å². The number of nitrogens with zero attached hydrogens (tertiary/aromatic N) is 4. The SMILES string of the molecule is O=[N+]([O-])c1cc(S(=O)(=O)Nc2ccc(-n3nc4ccc(Cl)cc4n3)c(O)c2)ccc1Nc1ccccc1. The van der Waals surface area contributed by atoms with Crippen molar-refractivity contribution in [2.75, 3.05) is 10.0 Å². The first-order chi connectivity index (χ1) is 17.7. The summed E-state index contributed by atoms with van der Waals surface area (Å²) in [6.45, 7) is 0. The number of fused-ring (bicyclic) bond motifs is 1. The Morgan fingerprint density at radius 3 is 2.38 bits per heavy atom. The van der Waals surface area contributed by atoms with Gasteiger partial charge in [-0.1, -0.05) is 29.8 Å². The minimum Gasteiger partial charge on any atom is -0.506 e. The lowest BCUT2D eigenvalue weighted by atomic mass is 10.2. The summed E-state index contributed by atoms with van der Waals surface area (Å²) < 4.78 is 28.3. The van der Waals surface area contributed by atoms with E-state index in [4.69, 9.17) is 11.6 Å². The Morgan fingerprint density at radius 2 is 1.65 bits per heavy atom. The van der Waals surface area contributed by atoms with Gasteiger partial charge in [-0.2, -0.15) is 0 Å². The fourth-order valence-corrected chi connectivity index (χ4v) is 4.81. The van der Waals surface area contributed by atoms with E-state index in [2.05, 4.69) is 20.2 Å². The third-order valence-corrected chi connectivity index (χ3v) is 6.93. The number of para-hydroxylation sites is 1. The van der Waals surface area contributed by atoms with Crippen molar-refractivity contribution >= 4 is 55.4 Å². The normalized spacial score (nSPS) is 11.4. The second-order valence-corrected chi connectivity index (χ2v) is 9.98. The van der Waals surface area contributed by atoms with Gasteiger partial charge in [0, 0.05) is 22.8 Å². The Balaban J connectivity index is 1.41. The molecule has 0 saturated heterocycles. The van der Waals surface area contributed by atoms with Gasteiger partial charge >= 0.3 is 0 Å². The molecule has 0 spiro atoms. The van der Waals surface area contributed by atoms with E-state index in [1.165, 1.54) is 35.1 Å². The van der Waals surface area contributed by atoms with E-state index in [0.29, 0.717) is 21.7 Å². The molecule has 13 heteroatoms. The Bertz CT molecular complexity index is 1760. The molecular weight excluding hydrogens is 520 g/mol. The summed E-state index contributed by atoms with van der Waals surface area (Å²) in [7, 11) is -4.22. The zero-order valence-electron chi connectivity index (χ0n) is 18.7. The van der Waals surface area contributed by atoms with Crippen LogP contribution in [0.4, 0.5) is 22.7 Å². The van der Waals surface area contributed by atoms with Gasteiger partial charge in [-0.05, 0) is 54.6 Å². The van der Waals surface area contributed by atoms with Crippen molar-refractivity contribution in [1.29, 1.82) is 0 Å². The fourth-order valence-electron chi connectivity index (χ4n) is 3.58. The van der Waals surface area contributed by atoms with Crippen LogP contribution in [0.25, 0.3) is 16.7 Å². The predicted molar refractivity (Wildman–Crippen MR) is 139 cm³/mol. The van der Waals surface area contributed by atoms with Crippen LogP contribution in [0, 0.1) is 10.1 Å². The quantitative estimate of drug-likeness (QED) is 0.189. The van der Waals surface area contributed by atoms with Crippen LogP contribution < -0.4 is 10.0 Å². The number of anilines is 3. The summed E-state index contributed by atoms with van der Waals surface area (Å²) in [6.07, 6.45) is 0. The van der Waals surface area contributed by atoms with Crippen molar-refractivity contribution in [2.24, 2.45) is 0 Å². The van der Waals surface area contributed by atoms with Crippen LogP contribution in [0.1, 0.15) is 0 Å². The molecule has 0 aliphatic rings. The first kappa shape index (κ1) is 24.0. The van der Waals surface area contributed by atoms with Crippen LogP contribution in [0.3, 0.4) is 0 Å². The molecule has 0 radical (unpaired) electrons. The highest BCUT2D eigenvalue weighted by molar-refractivity contribution is 7.92. The molecule has 4 aromatic carbocycles. The molecule has 5 aromatic rings. The number of phenolic OH excluding ortho intramolecular Hbond substituents is 1. The Hall–Kier alpha value is -4.68. The summed E-state index contributed by atoms with van der Waals surface area (Å²) in [5.74, 6) is -0.292. The van der Waals surface area contributed by atoms with Crippen LogP contribution in [-0.4, -0.2) is 33.4 Å². The molecule has 186 valence electrons. The zero-order valence-corrected chi connectivity index (χ0v) is 20.3. The lowest BCUT2D eigenvalue weighted by Gasteiger charge is -2.12. The smallest absolute Gasteiger partial charge is 0.294 e. The maximum Gasteiger partial charge on any atom is 0.294 e. The van der Waals surface area contributed by atoms with Gasteiger partial charge in [-0.3, -0.25) is 14.8 Å². The van der Waals surface area contributed by atoms with Gasteiger partial charge in [0.2, 0.25) is 0 Å². The number of benzene rings is 4. The van der Waals surface area contributed by atoms with E-state index < -0.39 is 20.6 Å². The Labute approximate surface area is 215 Å². The molecular formula is C24H17ClN6O5S. The van der Waals surface area contributed by atoms with Gasteiger partial charge < -0.3 is 10.4 Å². The van der Waals surface area contributed by atoms with Crippen LogP contribution in [0.5, 0.6) is 5.75 Å². The van der Waals surface area contributed by atoms with Crippen molar-refractivity contribution in [3.8, 4) is 11.4 Å². The average Bonchev–Trinajstić information content (AvgIpc) is 3.27. The molecule has 0 saturated carbocycles. The number of hydrogen-bond donors (Lipinski definition) is 3. The number of aromatic nitrogens is 3. The summed E-state index contributed by atoms with van der Waals surface area (Å²) in [4.78, 5) is 11.9. The minimum atomic E-state index is -4.22. The first-order valence-corrected chi connectivity index (χ1v) is 12.5. The molecule has 0 bridgehead atoms. The third kappa shape index (κ3) is 5.01. The molecule has 0 aliphatic carbocycles. The largest absolute Gasteiger partial charge is 0.506 e. The van der Waals surface area contributed by atoms with E-state index in [-0.39, 0.29) is 27.7 Å². The second kappa shape index (κ2) is 9.41. The molecule has 37 heavy (non-hydrogen) atoms. The molecule has 1 aromatic heterocycles. The monoisotopic (exact) mass is 536 g/mol. The van der Waals surface area contributed by atoms with Gasteiger partial charge in [-0.15, -0.1) is 15.0 Å². The number of halogens is 1. The van der Waals surface area contributed by atoms with Crippen molar-refractivity contribution in [3.05, 3.63) is 100 Å². The number of aromatic hydroxyl groups is 1. The summed E-state index contributed by atoms with van der Waals surface area (Å²) >= 11 is 5.98. The standard InChI is InChI=1S/C24H17ClN6O5S/c25-15-6-9-19-21(12-15)28-30(27-19)22-11-7-17(13-24(22)32)29-37(35,36)18-8-10-20(23(14-18)31(33)34)26-16-4-2-1-3-5-16/h1-14,26,29,32H. The topological polar surface area (TPSA) is 152 Å². The molecule has 0 fully saturated rings. The van der Waals surface area contributed by atoms with Crippen molar-refractivity contribution < 1.29 is 18.4 Å². The number of phenols is 1. The first-order valence-electron chi connectivity index (χ1n) is 10.7.